The van der Waals surface area contributed by atoms with E-state index in [4.69, 9.17) is 9.88 Å². The second kappa shape index (κ2) is 4.23. The summed E-state index contributed by atoms with van der Waals surface area (Å²) in [4.78, 5) is 0. The Kier molecular flexibility index (Phi) is 3.05. The maximum Gasteiger partial charge on any atom is 0.209 e. The molecule has 0 bridgehead atoms. The minimum atomic E-state index is -3.66. The van der Waals surface area contributed by atoms with Crippen LogP contribution < -0.4 is 9.88 Å². The molecule has 1 atom stereocenters. The van der Waals surface area contributed by atoms with Crippen molar-refractivity contribution in [2.45, 2.75) is 12.3 Å². The van der Waals surface area contributed by atoms with Crippen LogP contribution in [-0.4, -0.2) is 20.8 Å². The fraction of sp³-hybridized carbons (Fsp3) is 0.400. The van der Waals surface area contributed by atoms with Crippen LogP contribution in [0.25, 0.3) is 0 Å². The molecule has 2 N–H and O–H groups in total. The molecular weight excluding hydrogens is 252 g/mol. The van der Waals surface area contributed by atoms with E-state index in [0.717, 1.165) is 6.07 Å². The molecule has 0 radical (unpaired) electrons. The Morgan fingerprint density at radius 3 is 2.76 bits per heavy atom. The Labute approximate surface area is 97.4 Å². The van der Waals surface area contributed by atoms with Crippen LogP contribution in [0.2, 0.25) is 0 Å². The lowest BCUT2D eigenvalue weighted by Crippen LogP contribution is -2.26. The van der Waals surface area contributed by atoms with Crippen LogP contribution in [0.4, 0.5) is 8.78 Å². The topological polar surface area (TPSA) is 69.4 Å². The number of rotatable bonds is 2. The highest BCUT2D eigenvalue weighted by molar-refractivity contribution is 7.89. The fourth-order valence-corrected chi connectivity index (χ4v) is 2.83. The second-order valence-corrected chi connectivity index (χ2v) is 5.60. The maximum absolute atomic E-state index is 13.4. The van der Waals surface area contributed by atoms with E-state index in [9.17, 15) is 17.2 Å². The Morgan fingerprint density at radius 1 is 1.41 bits per heavy atom. The van der Waals surface area contributed by atoms with Gasteiger partial charge in [-0.15, -0.1) is 0 Å². The molecule has 0 saturated carbocycles. The molecule has 2 rings (SSSR count). The summed E-state index contributed by atoms with van der Waals surface area (Å²) in [6, 6.07) is 2.29. The monoisotopic (exact) mass is 263 g/mol. The molecule has 0 aromatic heterocycles. The number of fused-ring (bicyclic) bond motifs is 1. The summed E-state index contributed by atoms with van der Waals surface area (Å²) in [6.07, 6.45) is 0.411. The molecule has 1 aliphatic heterocycles. The van der Waals surface area contributed by atoms with Crippen molar-refractivity contribution < 1.29 is 21.9 Å². The lowest BCUT2D eigenvalue weighted by molar-refractivity contribution is 0.254. The van der Waals surface area contributed by atoms with Crippen LogP contribution in [0.15, 0.2) is 12.1 Å². The van der Waals surface area contributed by atoms with E-state index in [-0.39, 0.29) is 18.1 Å². The van der Waals surface area contributed by atoms with Crippen molar-refractivity contribution in [3.63, 3.8) is 0 Å². The third-order valence-corrected chi connectivity index (χ3v) is 3.53. The standard InChI is InChI=1S/C10H11F2NO3S/c11-8-2-1-7-6(5-17(13,14)15)3-4-16-10(7)9(8)12/h1-2,6H,3-5H2,(H2,13,14,15). The summed E-state index contributed by atoms with van der Waals surface area (Å²) >= 11 is 0. The van der Waals surface area contributed by atoms with Gasteiger partial charge in [0.1, 0.15) is 0 Å². The molecule has 17 heavy (non-hydrogen) atoms. The van der Waals surface area contributed by atoms with Gasteiger partial charge in [0, 0.05) is 11.5 Å². The zero-order valence-corrected chi connectivity index (χ0v) is 9.64. The highest BCUT2D eigenvalue weighted by Gasteiger charge is 2.28. The molecule has 0 aliphatic carbocycles. The number of hydrogen-bond acceptors (Lipinski definition) is 3. The summed E-state index contributed by atoms with van der Waals surface area (Å²) in [5, 5.41) is 4.95. The first-order chi connectivity index (χ1) is 7.88. The van der Waals surface area contributed by atoms with Crippen LogP contribution in [0.1, 0.15) is 17.9 Å². The molecular formula is C10H11F2NO3S. The van der Waals surface area contributed by atoms with E-state index in [1.165, 1.54) is 6.07 Å². The quantitative estimate of drug-likeness (QED) is 0.869. The predicted octanol–water partition coefficient (Wildman–Crippen LogP) is 1.12. The van der Waals surface area contributed by atoms with Gasteiger partial charge in [0.15, 0.2) is 11.6 Å². The number of primary sulfonamides is 1. The summed E-state index contributed by atoms with van der Waals surface area (Å²) < 4.78 is 53.5. The molecule has 0 fully saturated rings. The van der Waals surface area contributed by atoms with Gasteiger partial charge < -0.3 is 4.74 Å². The largest absolute Gasteiger partial charge is 0.490 e. The molecule has 0 saturated heterocycles. The van der Waals surface area contributed by atoms with Crippen molar-refractivity contribution >= 4 is 10.0 Å². The lowest BCUT2D eigenvalue weighted by atomic mass is 9.94. The number of hydrogen-bond donors (Lipinski definition) is 1. The van der Waals surface area contributed by atoms with E-state index in [0.29, 0.717) is 12.0 Å². The molecule has 0 amide bonds. The van der Waals surface area contributed by atoms with Gasteiger partial charge in [0.2, 0.25) is 15.8 Å². The van der Waals surface area contributed by atoms with Crippen molar-refractivity contribution in [3.8, 4) is 5.75 Å². The maximum atomic E-state index is 13.4. The van der Waals surface area contributed by atoms with E-state index < -0.39 is 27.6 Å². The van der Waals surface area contributed by atoms with Crippen LogP contribution >= 0.6 is 0 Å². The van der Waals surface area contributed by atoms with Crippen LogP contribution in [-0.2, 0) is 10.0 Å². The Balaban J connectivity index is 2.42. The molecule has 1 aromatic rings. The van der Waals surface area contributed by atoms with Crippen LogP contribution in [0.5, 0.6) is 5.75 Å². The van der Waals surface area contributed by atoms with Crippen molar-refractivity contribution in [3.05, 3.63) is 29.3 Å². The van der Waals surface area contributed by atoms with E-state index in [1.807, 2.05) is 0 Å². The Morgan fingerprint density at radius 2 is 2.12 bits per heavy atom. The number of benzene rings is 1. The average molecular weight is 263 g/mol. The van der Waals surface area contributed by atoms with Gasteiger partial charge in [-0.3, -0.25) is 0 Å². The predicted molar refractivity (Wildman–Crippen MR) is 57.2 cm³/mol. The van der Waals surface area contributed by atoms with Gasteiger partial charge in [-0.2, -0.15) is 4.39 Å². The molecule has 1 aromatic carbocycles. The van der Waals surface area contributed by atoms with Crippen LogP contribution in [0.3, 0.4) is 0 Å². The highest BCUT2D eigenvalue weighted by atomic mass is 32.2. The van der Waals surface area contributed by atoms with Crippen molar-refractivity contribution in [2.75, 3.05) is 12.4 Å². The molecule has 1 heterocycles. The highest BCUT2D eigenvalue weighted by Crippen LogP contribution is 2.36. The average Bonchev–Trinajstić information content (AvgIpc) is 2.22. The third kappa shape index (κ3) is 2.55. The second-order valence-electron chi connectivity index (χ2n) is 3.94. The molecule has 94 valence electrons. The first kappa shape index (κ1) is 12.3. The van der Waals surface area contributed by atoms with Crippen molar-refractivity contribution in [1.82, 2.24) is 0 Å². The first-order valence-electron chi connectivity index (χ1n) is 4.99. The number of nitrogens with two attached hydrogens (primary N) is 1. The normalized spacial score (nSPS) is 19.6. The fourth-order valence-electron chi connectivity index (χ4n) is 1.93. The van der Waals surface area contributed by atoms with Crippen molar-refractivity contribution in [1.29, 1.82) is 0 Å². The summed E-state index contributed by atoms with van der Waals surface area (Å²) in [5.41, 5.74) is 0.351. The molecule has 1 unspecified atom stereocenters. The summed E-state index contributed by atoms with van der Waals surface area (Å²) in [6.45, 7) is 0.146. The molecule has 7 heteroatoms. The van der Waals surface area contributed by atoms with E-state index in [1.54, 1.807) is 0 Å². The number of halogens is 2. The van der Waals surface area contributed by atoms with Gasteiger partial charge in [-0.1, -0.05) is 6.07 Å². The summed E-state index contributed by atoms with van der Waals surface area (Å²) in [7, 11) is -3.66. The Bertz CT molecular complexity index is 545. The van der Waals surface area contributed by atoms with Gasteiger partial charge in [0.05, 0.1) is 12.4 Å². The van der Waals surface area contributed by atoms with E-state index >= 15 is 0 Å². The minimum Gasteiger partial charge on any atom is -0.490 e. The lowest BCUT2D eigenvalue weighted by Gasteiger charge is -2.25. The zero-order chi connectivity index (χ0) is 12.6. The molecule has 1 aliphatic rings. The molecule has 4 nitrogen and oxygen atoms in total. The number of ether oxygens (including phenoxy) is 1. The Hall–Kier alpha value is -1.21. The van der Waals surface area contributed by atoms with Gasteiger partial charge in [-0.25, -0.2) is 17.9 Å². The van der Waals surface area contributed by atoms with E-state index in [2.05, 4.69) is 0 Å². The SMILES string of the molecule is NS(=O)(=O)CC1CCOc2c1ccc(F)c2F. The third-order valence-electron chi connectivity index (χ3n) is 2.67. The summed E-state index contributed by atoms with van der Waals surface area (Å²) in [5.74, 6) is -3.05. The van der Waals surface area contributed by atoms with Gasteiger partial charge >= 0.3 is 0 Å². The minimum absolute atomic E-state index is 0.146. The zero-order valence-electron chi connectivity index (χ0n) is 8.82. The van der Waals surface area contributed by atoms with Crippen LogP contribution in [0, 0.1) is 11.6 Å². The number of sulfonamides is 1. The van der Waals surface area contributed by atoms with Crippen molar-refractivity contribution in [2.24, 2.45) is 5.14 Å². The van der Waals surface area contributed by atoms with Gasteiger partial charge in [0.25, 0.3) is 0 Å². The molecule has 0 spiro atoms. The smallest absolute Gasteiger partial charge is 0.209 e. The first-order valence-corrected chi connectivity index (χ1v) is 6.71. The van der Waals surface area contributed by atoms with Gasteiger partial charge in [-0.05, 0) is 12.5 Å².